The summed E-state index contributed by atoms with van der Waals surface area (Å²) < 4.78 is 15.4. The summed E-state index contributed by atoms with van der Waals surface area (Å²) in [4.78, 5) is 11.2. The zero-order valence-corrected chi connectivity index (χ0v) is 10.4. The van der Waals surface area contributed by atoms with Gasteiger partial charge in [-0.25, -0.2) is 4.79 Å². The quantitative estimate of drug-likeness (QED) is 0.656. The number of carbonyl (C=O) groups excluding carboxylic acids is 1. The first-order valence-electron chi connectivity index (χ1n) is 5.70. The molecule has 100 valence electrons. The molecule has 1 unspecified atom stereocenters. The molecular weight excluding hydrogens is 228 g/mol. The van der Waals surface area contributed by atoms with Crippen molar-refractivity contribution in [2.75, 3.05) is 13.2 Å². The van der Waals surface area contributed by atoms with Gasteiger partial charge in [0, 0.05) is 6.42 Å². The van der Waals surface area contributed by atoms with E-state index in [-0.39, 0.29) is 19.1 Å². The molecule has 0 radical (unpaired) electrons. The first-order chi connectivity index (χ1) is 7.85. The molecule has 1 aliphatic heterocycles. The molecule has 2 N–H and O–H groups in total. The first-order valence-corrected chi connectivity index (χ1v) is 5.70. The van der Waals surface area contributed by atoms with Gasteiger partial charge in [-0.1, -0.05) is 0 Å². The van der Waals surface area contributed by atoms with E-state index in [9.17, 15) is 15.0 Å². The van der Waals surface area contributed by atoms with E-state index in [2.05, 4.69) is 4.74 Å². The van der Waals surface area contributed by atoms with Gasteiger partial charge in [-0.2, -0.15) is 0 Å². The third-order valence-electron chi connectivity index (χ3n) is 2.46. The molecule has 1 fully saturated rings. The van der Waals surface area contributed by atoms with Gasteiger partial charge in [0.15, 0.2) is 11.9 Å². The van der Waals surface area contributed by atoms with Crippen LogP contribution in [0.25, 0.3) is 0 Å². The fourth-order valence-corrected chi connectivity index (χ4v) is 1.66. The maximum atomic E-state index is 11.2. The fraction of sp³-hybridized carbons (Fsp3) is 0.909. The van der Waals surface area contributed by atoms with Crippen LogP contribution in [0.1, 0.15) is 27.2 Å². The standard InChI is InChI=1S/C11H20O6/c1-4-15-10(14)9(13)8(12)5-7-6-16-11(2,3)17-7/h7-9,12-13H,4-6H2,1-3H3/t7?,8-,9+/m1/s1. The molecular formula is C11H20O6. The molecule has 0 saturated carbocycles. The van der Waals surface area contributed by atoms with Crippen LogP contribution in [0.2, 0.25) is 0 Å². The number of hydrogen-bond donors (Lipinski definition) is 2. The summed E-state index contributed by atoms with van der Waals surface area (Å²) in [6, 6.07) is 0. The van der Waals surface area contributed by atoms with Crippen molar-refractivity contribution in [3.8, 4) is 0 Å². The predicted octanol–water partition coefficient (Wildman–Crippen LogP) is -0.187. The lowest BCUT2D eigenvalue weighted by atomic mass is 10.1. The predicted molar refractivity (Wildman–Crippen MR) is 58.2 cm³/mol. The van der Waals surface area contributed by atoms with Crippen LogP contribution in [-0.4, -0.2) is 53.5 Å². The fourth-order valence-electron chi connectivity index (χ4n) is 1.66. The maximum absolute atomic E-state index is 11.2. The monoisotopic (exact) mass is 248 g/mol. The molecule has 17 heavy (non-hydrogen) atoms. The van der Waals surface area contributed by atoms with Crippen molar-refractivity contribution in [2.45, 2.75) is 51.3 Å². The molecule has 6 heteroatoms. The highest BCUT2D eigenvalue weighted by Gasteiger charge is 2.36. The number of ether oxygens (including phenoxy) is 3. The van der Waals surface area contributed by atoms with E-state index >= 15 is 0 Å². The van der Waals surface area contributed by atoms with Crippen LogP contribution < -0.4 is 0 Å². The Bertz CT molecular complexity index is 265. The molecule has 6 nitrogen and oxygen atoms in total. The highest BCUT2D eigenvalue weighted by Crippen LogP contribution is 2.25. The minimum atomic E-state index is -1.54. The number of aliphatic hydroxyl groups is 2. The molecule has 1 rings (SSSR count). The van der Waals surface area contributed by atoms with E-state index in [1.54, 1.807) is 20.8 Å². The molecule has 3 atom stereocenters. The summed E-state index contributed by atoms with van der Waals surface area (Å²) >= 11 is 0. The number of hydrogen-bond acceptors (Lipinski definition) is 6. The lowest BCUT2D eigenvalue weighted by Gasteiger charge is -2.20. The molecule has 0 spiro atoms. The van der Waals surface area contributed by atoms with E-state index in [0.29, 0.717) is 6.61 Å². The van der Waals surface area contributed by atoms with Crippen molar-refractivity contribution < 1.29 is 29.2 Å². The van der Waals surface area contributed by atoms with Crippen LogP contribution in [0, 0.1) is 0 Å². The van der Waals surface area contributed by atoms with E-state index in [1.165, 1.54) is 0 Å². The number of rotatable bonds is 5. The SMILES string of the molecule is CCOC(=O)[C@@H](O)[C@H](O)CC1COC(C)(C)O1. The Morgan fingerprint density at radius 3 is 2.65 bits per heavy atom. The Morgan fingerprint density at radius 2 is 2.18 bits per heavy atom. The van der Waals surface area contributed by atoms with Crippen molar-refractivity contribution in [3.05, 3.63) is 0 Å². The van der Waals surface area contributed by atoms with Crippen LogP contribution in [0.3, 0.4) is 0 Å². The smallest absolute Gasteiger partial charge is 0.337 e. The van der Waals surface area contributed by atoms with Crippen LogP contribution in [0.5, 0.6) is 0 Å². The van der Waals surface area contributed by atoms with Gasteiger partial charge in [-0.05, 0) is 20.8 Å². The van der Waals surface area contributed by atoms with Gasteiger partial charge in [-0.3, -0.25) is 0 Å². The molecule has 0 aromatic rings. The van der Waals surface area contributed by atoms with Crippen molar-refractivity contribution in [1.82, 2.24) is 0 Å². The van der Waals surface area contributed by atoms with E-state index in [4.69, 9.17) is 9.47 Å². The second kappa shape index (κ2) is 5.77. The minimum absolute atomic E-state index is 0.128. The Morgan fingerprint density at radius 1 is 1.53 bits per heavy atom. The molecule has 0 aromatic heterocycles. The van der Waals surface area contributed by atoms with Gasteiger partial charge >= 0.3 is 5.97 Å². The van der Waals surface area contributed by atoms with Gasteiger partial charge in [0.05, 0.1) is 25.4 Å². The van der Waals surface area contributed by atoms with E-state index in [1.807, 2.05) is 0 Å². The molecule has 1 saturated heterocycles. The van der Waals surface area contributed by atoms with Crippen LogP contribution >= 0.6 is 0 Å². The summed E-state index contributed by atoms with van der Waals surface area (Å²) in [5, 5.41) is 19.1. The summed E-state index contributed by atoms with van der Waals surface area (Å²) in [5.41, 5.74) is 0. The van der Waals surface area contributed by atoms with Crippen molar-refractivity contribution in [2.24, 2.45) is 0 Å². The van der Waals surface area contributed by atoms with Gasteiger partial charge < -0.3 is 24.4 Å². The molecule has 0 bridgehead atoms. The highest BCUT2D eigenvalue weighted by molar-refractivity contribution is 5.75. The third-order valence-corrected chi connectivity index (χ3v) is 2.46. The van der Waals surface area contributed by atoms with Gasteiger partial charge in [0.25, 0.3) is 0 Å². The first kappa shape index (κ1) is 14.4. The normalized spacial score (nSPS) is 26.5. The lowest BCUT2D eigenvalue weighted by Crippen LogP contribution is -2.38. The van der Waals surface area contributed by atoms with Crippen LogP contribution in [0.4, 0.5) is 0 Å². The number of carbonyl (C=O) groups is 1. The second-order valence-corrected chi connectivity index (χ2v) is 4.45. The Labute approximate surface area is 100 Å². The van der Waals surface area contributed by atoms with Crippen molar-refractivity contribution >= 4 is 5.97 Å². The summed E-state index contributed by atoms with van der Waals surface area (Å²) in [5.74, 6) is -1.50. The molecule has 0 aromatic carbocycles. The van der Waals surface area contributed by atoms with Gasteiger partial charge in [0.1, 0.15) is 0 Å². The maximum Gasteiger partial charge on any atom is 0.337 e. The second-order valence-electron chi connectivity index (χ2n) is 4.45. The van der Waals surface area contributed by atoms with Crippen LogP contribution in [-0.2, 0) is 19.0 Å². The summed E-state index contributed by atoms with van der Waals surface area (Å²) in [7, 11) is 0. The molecule has 1 heterocycles. The molecule has 0 amide bonds. The average molecular weight is 248 g/mol. The Balaban J connectivity index is 2.39. The highest BCUT2D eigenvalue weighted by atomic mass is 16.7. The van der Waals surface area contributed by atoms with Gasteiger partial charge in [0.2, 0.25) is 0 Å². The topological polar surface area (TPSA) is 85.2 Å². The number of esters is 1. The van der Waals surface area contributed by atoms with Crippen LogP contribution in [0.15, 0.2) is 0 Å². The third kappa shape index (κ3) is 4.23. The lowest BCUT2D eigenvalue weighted by molar-refractivity contribution is -0.162. The van der Waals surface area contributed by atoms with E-state index < -0.39 is 24.0 Å². The summed E-state index contributed by atoms with van der Waals surface area (Å²) in [6.07, 6.45) is -2.95. The Hall–Kier alpha value is -0.690. The van der Waals surface area contributed by atoms with E-state index in [0.717, 1.165) is 0 Å². The van der Waals surface area contributed by atoms with Gasteiger partial charge in [-0.15, -0.1) is 0 Å². The largest absolute Gasteiger partial charge is 0.464 e. The number of aliphatic hydroxyl groups excluding tert-OH is 2. The summed E-state index contributed by atoms with van der Waals surface area (Å²) in [6.45, 7) is 5.66. The Kier molecular flexibility index (Phi) is 4.88. The van der Waals surface area contributed by atoms with Crippen molar-refractivity contribution in [3.63, 3.8) is 0 Å². The average Bonchev–Trinajstić information content (AvgIpc) is 2.57. The minimum Gasteiger partial charge on any atom is -0.464 e. The molecule has 0 aliphatic carbocycles. The molecule has 1 aliphatic rings. The zero-order valence-electron chi connectivity index (χ0n) is 10.4. The zero-order chi connectivity index (χ0) is 13.1. The van der Waals surface area contributed by atoms with Crippen molar-refractivity contribution in [1.29, 1.82) is 0 Å².